The van der Waals surface area contributed by atoms with E-state index >= 15 is 0 Å². The average Bonchev–Trinajstić information content (AvgIpc) is 3.06. The summed E-state index contributed by atoms with van der Waals surface area (Å²) in [5.74, 6) is -0.145. The first-order valence-electron chi connectivity index (χ1n) is 8.62. The molecule has 2 fully saturated rings. The van der Waals surface area contributed by atoms with Crippen molar-refractivity contribution in [3.63, 3.8) is 0 Å². The SMILES string of the molecule is CC(CC(=O)N1CCC(N2CCNCC2)C1)c1ccccc1F. The third-order valence-electron chi connectivity index (χ3n) is 5.10. The van der Waals surface area contributed by atoms with Crippen LogP contribution in [0.3, 0.4) is 0 Å². The average molecular weight is 319 g/mol. The van der Waals surface area contributed by atoms with Gasteiger partial charge in [0.2, 0.25) is 5.91 Å². The number of carbonyl (C=O) groups is 1. The first kappa shape index (κ1) is 16.4. The van der Waals surface area contributed by atoms with Crippen LogP contribution in [0.4, 0.5) is 4.39 Å². The number of hydrogen-bond acceptors (Lipinski definition) is 3. The molecule has 1 aromatic carbocycles. The number of benzene rings is 1. The predicted molar refractivity (Wildman–Crippen MR) is 88.9 cm³/mol. The molecule has 2 unspecified atom stereocenters. The van der Waals surface area contributed by atoms with Crippen molar-refractivity contribution in [3.05, 3.63) is 35.6 Å². The standard InChI is InChI=1S/C18H26FN3O/c1-14(16-4-2-3-5-17(16)19)12-18(23)22-9-6-15(13-22)21-10-7-20-8-11-21/h2-5,14-15,20H,6-13H2,1H3. The van der Waals surface area contributed by atoms with Gasteiger partial charge in [0, 0.05) is 51.7 Å². The van der Waals surface area contributed by atoms with Gasteiger partial charge in [-0.2, -0.15) is 0 Å². The summed E-state index contributed by atoms with van der Waals surface area (Å²) in [4.78, 5) is 17.0. The van der Waals surface area contributed by atoms with E-state index in [0.29, 0.717) is 18.0 Å². The maximum Gasteiger partial charge on any atom is 0.223 e. The fourth-order valence-electron chi connectivity index (χ4n) is 3.69. The molecule has 0 spiro atoms. The molecule has 1 aromatic rings. The van der Waals surface area contributed by atoms with Gasteiger partial charge in [-0.3, -0.25) is 9.69 Å². The van der Waals surface area contributed by atoms with Crippen LogP contribution in [-0.2, 0) is 4.79 Å². The summed E-state index contributed by atoms with van der Waals surface area (Å²) in [7, 11) is 0. The number of carbonyl (C=O) groups excluding carboxylic acids is 1. The number of nitrogens with one attached hydrogen (secondary N) is 1. The highest BCUT2D eigenvalue weighted by atomic mass is 19.1. The molecule has 2 heterocycles. The Labute approximate surface area is 137 Å². The molecule has 0 aromatic heterocycles. The molecule has 2 atom stereocenters. The van der Waals surface area contributed by atoms with Crippen molar-refractivity contribution >= 4 is 5.91 Å². The van der Waals surface area contributed by atoms with Gasteiger partial charge in [-0.15, -0.1) is 0 Å². The lowest BCUT2D eigenvalue weighted by Gasteiger charge is -2.32. The Bertz CT molecular complexity index is 545. The molecular formula is C18H26FN3O. The maximum absolute atomic E-state index is 13.8. The molecule has 2 aliphatic heterocycles. The van der Waals surface area contributed by atoms with Gasteiger partial charge in [-0.25, -0.2) is 4.39 Å². The Balaban J connectivity index is 1.54. The van der Waals surface area contributed by atoms with Crippen molar-refractivity contribution in [1.82, 2.24) is 15.1 Å². The molecule has 23 heavy (non-hydrogen) atoms. The predicted octanol–water partition coefficient (Wildman–Crippen LogP) is 1.83. The minimum Gasteiger partial charge on any atom is -0.341 e. The van der Waals surface area contributed by atoms with Crippen molar-refractivity contribution < 1.29 is 9.18 Å². The quantitative estimate of drug-likeness (QED) is 0.920. The van der Waals surface area contributed by atoms with E-state index in [-0.39, 0.29) is 17.6 Å². The molecule has 4 nitrogen and oxygen atoms in total. The van der Waals surface area contributed by atoms with E-state index in [9.17, 15) is 9.18 Å². The second-order valence-corrected chi connectivity index (χ2v) is 6.69. The van der Waals surface area contributed by atoms with E-state index in [0.717, 1.165) is 45.7 Å². The lowest BCUT2D eigenvalue weighted by Crippen LogP contribution is -2.49. The molecule has 2 saturated heterocycles. The van der Waals surface area contributed by atoms with Crippen molar-refractivity contribution in [2.45, 2.75) is 31.7 Å². The highest BCUT2D eigenvalue weighted by Gasteiger charge is 2.31. The van der Waals surface area contributed by atoms with E-state index in [1.54, 1.807) is 12.1 Å². The van der Waals surface area contributed by atoms with Crippen LogP contribution < -0.4 is 5.32 Å². The smallest absolute Gasteiger partial charge is 0.223 e. The fraction of sp³-hybridized carbons (Fsp3) is 0.611. The van der Waals surface area contributed by atoms with Gasteiger partial charge >= 0.3 is 0 Å². The lowest BCUT2D eigenvalue weighted by molar-refractivity contribution is -0.130. The van der Waals surface area contributed by atoms with Crippen LogP contribution in [0, 0.1) is 5.82 Å². The van der Waals surface area contributed by atoms with Crippen LogP contribution in [0.25, 0.3) is 0 Å². The van der Waals surface area contributed by atoms with Crippen molar-refractivity contribution in [2.24, 2.45) is 0 Å². The molecule has 0 bridgehead atoms. The summed E-state index contributed by atoms with van der Waals surface area (Å²) in [5, 5.41) is 3.36. The molecule has 5 heteroatoms. The van der Waals surface area contributed by atoms with E-state index in [1.165, 1.54) is 6.07 Å². The van der Waals surface area contributed by atoms with Crippen LogP contribution in [-0.4, -0.2) is 61.0 Å². The number of amides is 1. The Hall–Kier alpha value is -1.46. The fourth-order valence-corrected chi connectivity index (χ4v) is 3.69. The molecule has 0 aliphatic carbocycles. The first-order chi connectivity index (χ1) is 11.1. The summed E-state index contributed by atoms with van der Waals surface area (Å²) in [6, 6.07) is 7.25. The zero-order valence-corrected chi connectivity index (χ0v) is 13.8. The van der Waals surface area contributed by atoms with Gasteiger partial charge in [0.15, 0.2) is 0 Å². The number of piperazine rings is 1. The Morgan fingerprint density at radius 2 is 2.04 bits per heavy atom. The zero-order valence-electron chi connectivity index (χ0n) is 13.8. The van der Waals surface area contributed by atoms with Crippen LogP contribution in [0.1, 0.15) is 31.2 Å². The topological polar surface area (TPSA) is 35.6 Å². The Morgan fingerprint density at radius 3 is 2.78 bits per heavy atom. The van der Waals surface area contributed by atoms with Crippen molar-refractivity contribution in [2.75, 3.05) is 39.3 Å². The second-order valence-electron chi connectivity index (χ2n) is 6.69. The highest BCUT2D eigenvalue weighted by molar-refractivity contribution is 5.77. The molecular weight excluding hydrogens is 293 g/mol. The van der Waals surface area contributed by atoms with E-state index in [2.05, 4.69) is 10.2 Å². The highest BCUT2D eigenvalue weighted by Crippen LogP contribution is 2.24. The molecule has 0 radical (unpaired) electrons. The van der Waals surface area contributed by atoms with Crippen molar-refractivity contribution in [1.29, 1.82) is 0 Å². The minimum absolute atomic E-state index is 0.0815. The summed E-state index contributed by atoms with van der Waals surface area (Å²) >= 11 is 0. The van der Waals surface area contributed by atoms with Gasteiger partial charge in [-0.05, 0) is 24.0 Å². The van der Waals surface area contributed by atoms with Gasteiger partial charge in [0.05, 0.1) is 0 Å². The van der Waals surface area contributed by atoms with Crippen LogP contribution in [0.15, 0.2) is 24.3 Å². The normalized spacial score (nSPS) is 23.9. The van der Waals surface area contributed by atoms with Gasteiger partial charge < -0.3 is 10.2 Å². The largest absolute Gasteiger partial charge is 0.341 e. The molecule has 3 rings (SSSR count). The van der Waals surface area contributed by atoms with E-state index in [1.807, 2.05) is 17.9 Å². The summed E-state index contributed by atoms with van der Waals surface area (Å²) in [5.41, 5.74) is 0.638. The van der Waals surface area contributed by atoms with Gasteiger partial charge in [0.1, 0.15) is 5.82 Å². The number of likely N-dealkylation sites (tertiary alicyclic amines) is 1. The minimum atomic E-state index is -0.215. The number of halogens is 1. The third kappa shape index (κ3) is 3.90. The van der Waals surface area contributed by atoms with Gasteiger partial charge in [0.25, 0.3) is 0 Å². The third-order valence-corrected chi connectivity index (χ3v) is 5.10. The van der Waals surface area contributed by atoms with Crippen LogP contribution in [0.5, 0.6) is 0 Å². The lowest BCUT2D eigenvalue weighted by atomic mass is 9.97. The molecule has 1 N–H and O–H groups in total. The van der Waals surface area contributed by atoms with E-state index in [4.69, 9.17) is 0 Å². The molecule has 1 amide bonds. The van der Waals surface area contributed by atoms with Gasteiger partial charge in [-0.1, -0.05) is 25.1 Å². The van der Waals surface area contributed by atoms with E-state index < -0.39 is 0 Å². The van der Waals surface area contributed by atoms with Crippen LogP contribution in [0.2, 0.25) is 0 Å². The Kier molecular flexibility index (Phi) is 5.28. The summed E-state index contributed by atoms with van der Waals surface area (Å²) in [6.07, 6.45) is 1.44. The number of rotatable bonds is 4. The molecule has 0 saturated carbocycles. The summed E-state index contributed by atoms with van der Waals surface area (Å²) < 4.78 is 13.8. The van der Waals surface area contributed by atoms with Crippen LogP contribution >= 0.6 is 0 Å². The van der Waals surface area contributed by atoms with Crippen molar-refractivity contribution in [3.8, 4) is 0 Å². The number of nitrogens with zero attached hydrogens (tertiary/aromatic N) is 2. The monoisotopic (exact) mass is 319 g/mol. The molecule has 2 aliphatic rings. The summed E-state index contributed by atoms with van der Waals surface area (Å²) in [6.45, 7) is 7.79. The number of hydrogen-bond donors (Lipinski definition) is 1. The maximum atomic E-state index is 13.8. The Morgan fingerprint density at radius 1 is 1.30 bits per heavy atom. The zero-order chi connectivity index (χ0) is 16.2. The first-order valence-corrected chi connectivity index (χ1v) is 8.62. The second kappa shape index (κ2) is 7.41. The molecule has 126 valence electrons.